The normalized spacial score (nSPS) is 18.8. The molecule has 0 radical (unpaired) electrons. The van der Waals surface area contributed by atoms with E-state index in [4.69, 9.17) is 5.73 Å². The Labute approximate surface area is 114 Å². The molecule has 3 N–H and O–H groups in total. The summed E-state index contributed by atoms with van der Waals surface area (Å²) in [7, 11) is 0. The lowest BCUT2D eigenvalue weighted by molar-refractivity contribution is 0.0734. The number of piperidine rings is 1. The zero-order valence-corrected chi connectivity index (χ0v) is 11.8. The van der Waals surface area contributed by atoms with Gasteiger partial charge in [-0.15, -0.1) is 0 Å². The smallest absolute Gasteiger partial charge is 0.149 e. The first kappa shape index (κ1) is 14.1. The van der Waals surface area contributed by atoms with Gasteiger partial charge in [-0.05, 0) is 31.1 Å². The van der Waals surface area contributed by atoms with Crippen LogP contribution in [0.3, 0.4) is 0 Å². The minimum absolute atomic E-state index is 0.172. The van der Waals surface area contributed by atoms with Crippen LogP contribution in [0.4, 0.5) is 11.6 Å². The van der Waals surface area contributed by atoms with Crippen molar-refractivity contribution in [3.8, 4) is 0 Å². The molecule has 1 aliphatic rings. The quantitative estimate of drug-likeness (QED) is 0.865. The molecule has 0 saturated carbocycles. The molecule has 1 fully saturated rings. The molecule has 1 aromatic rings. The van der Waals surface area contributed by atoms with E-state index in [9.17, 15) is 5.11 Å². The van der Waals surface area contributed by atoms with Gasteiger partial charge in [0, 0.05) is 13.1 Å². The van der Waals surface area contributed by atoms with Gasteiger partial charge in [-0.1, -0.05) is 13.8 Å². The number of nitrogen functional groups attached to an aromatic ring is 1. The van der Waals surface area contributed by atoms with E-state index in [1.54, 1.807) is 12.4 Å². The maximum atomic E-state index is 10.2. The average molecular weight is 264 g/mol. The van der Waals surface area contributed by atoms with Gasteiger partial charge in [0.15, 0.2) is 0 Å². The lowest BCUT2D eigenvalue weighted by atomic mass is 9.87. The number of nitrogens with two attached hydrogens (primary N) is 1. The molecule has 1 atom stereocenters. The number of anilines is 2. The second-order valence-electron chi connectivity index (χ2n) is 5.82. The molecule has 5 nitrogen and oxygen atoms in total. The standard InChI is InChI=1S/C14H24N4O/c1-10(2)7-12(19)11-3-5-18(6-4-11)14-9-16-8-13(15)17-14/h8-12,19H,3-7H2,1-2H3,(H2,15,17). The largest absolute Gasteiger partial charge is 0.393 e. The van der Waals surface area contributed by atoms with Gasteiger partial charge in [-0.3, -0.25) is 4.98 Å². The van der Waals surface area contributed by atoms with E-state index in [1.807, 2.05) is 0 Å². The molecule has 0 aromatic carbocycles. The highest BCUT2D eigenvalue weighted by molar-refractivity contribution is 5.41. The monoisotopic (exact) mass is 264 g/mol. The zero-order chi connectivity index (χ0) is 13.8. The number of aromatic nitrogens is 2. The van der Waals surface area contributed by atoms with Gasteiger partial charge in [0.05, 0.1) is 18.5 Å². The molecule has 1 aromatic heterocycles. The van der Waals surface area contributed by atoms with Crippen molar-refractivity contribution in [2.24, 2.45) is 11.8 Å². The molecule has 1 saturated heterocycles. The SMILES string of the molecule is CC(C)CC(O)C1CCN(c2cncc(N)n2)CC1. The molecular weight excluding hydrogens is 240 g/mol. The summed E-state index contributed by atoms with van der Waals surface area (Å²) < 4.78 is 0. The molecule has 5 heteroatoms. The van der Waals surface area contributed by atoms with Crippen LogP contribution in [0.2, 0.25) is 0 Å². The van der Waals surface area contributed by atoms with E-state index in [0.717, 1.165) is 38.2 Å². The summed E-state index contributed by atoms with van der Waals surface area (Å²) in [5.41, 5.74) is 5.66. The van der Waals surface area contributed by atoms with Crippen LogP contribution >= 0.6 is 0 Å². The summed E-state index contributed by atoms with van der Waals surface area (Å²) in [6, 6.07) is 0. The van der Waals surface area contributed by atoms with Crippen molar-refractivity contribution in [3.05, 3.63) is 12.4 Å². The Balaban J connectivity index is 1.89. The fraction of sp³-hybridized carbons (Fsp3) is 0.714. The minimum Gasteiger partial charge on any atom is -0.393 e. The average Bonchev–Trinajstić information content (AvgIpc) is 2.38. The Morgan fingerprint density at radius 3 is 2.63 bits per heavy atom. The lowest BCUT2D eigenvalue weighted by Crippen LogP contribution is -2.38. The van der Waals surface area contributed by atoms with Gasteiger partial charge in [-0.2, -0.15) is 0 Å². The van der Waals surface area contributed by atoms with E-state index in [0.29, 0.717) is 17.7 Å². The molecule has 1 aliphatic heterocycles. The maximum absolute atomic E-state index is 10.2. The highest BCUT2D eigenvalue weighted by atomic mass is 16.3. The Morgan fingerprint density at radius 2 is 2.05 bits per heavy atom. The van der Waals surface area contributed by atoms with Crippen LogP contribution in [0.25, 0.3) is 0 Å². The van der Waals surface area contributed by atoms with Crippen LogP contribution in [0.1, 0.15) is 33.1 Å². The molecule has 1 unspecified atom stereocenters. The van der Waals surface area contributed by atoms with Crippen molar-refractivity contribution in [2.75, 3.05) is 23.7 Å². The molecule has 2 rings (SSSR count). The third-order valence-electron chi connectivity index (χ3n) is 3.76. The van der Waals surface area contributed by atoms with Crippen molar-refractivity contribution >= 4 is 11.6 Å². The topological polar surface area (TPSA) is 75.3 Å². The van der Waals surface area contributed by atoms with Crippen LogP contribution in [-0.4, -0.2) is 34.3 Å². The number of rotatable bonds is 4. The predicted molar refractivity (Wildman–Crippen MR) is 76.8 cm³/mol. The summed E-state index contributed by atoms with van der Waals surface area (Å²) in [6.07, 6.45) is 6.04. The summed E-state index contributed by atoms with van der Waals surface area (Å²) in [4.78, 5) is 10.6. The van der Waals surface area contributed by atoms with Crippen LogP contribution < -0.4 is 10.6 Å². The number of hydrogen-bond donors (Lipinski definition) is 2. The summed E-state index contributed by atoms with van der Waals surface area (Å²) in [6.45, 7) is 6.14. The van der Waals surface area contributed by atoms with Gasteiger partial charge in [0.1, 0.15) is 11.6 Å². The van der Waals surface area contributed by atoms with Gasteiger partial charge < -0.3 is 15.7 Å². The Hall–Kier alpha value is -1.36. The Kier molecular flexibility index (Phi) is 4.58. The van der Waals surface area contributed by atoms with Crippen molar-refractivity contribution in [2.45, 2.75) is 39.2 Å². The highest BCUT2D eigenvalue weighted by Crippen LogP contribution is 2.26. The van der Waals surface area contributed by atoms with Gasteiger partial charge in [0.25, 0.3) is 0 Å². The van der Waals surface area contributed by atoms with E-state index >= 15 is 0 Å². The lowest BCUT2D eigenvalue weighted by Gasteiger charge is -2.35. The van der Waals surface area contributed by atoms with E-state index < -0.39 is 0 Å². The molecule has 2 heterocycles. The van der Waals surface area contributed by atoms with Crippen molar-refractivity contribution in [1.82, 2.24) is 9.97 Å². The number of aliphatic hydroxyl groups is 1. The van der Waals surface area contributed by atoms with Crippen LogP contribution in [0.5, 0.6) is 0 Å². The minimum atomic E-state index is -0.172. The number of nitrogens with zero attached hydrogens (tertiary/aromatic N) is 3. The number of aliphatic hydroxyl groups excluding tert-OH is 1. The highest BCUT2D eigenvalue weighted by Gasteiger charge is 2.26. The predicted octanol–water partition coefficient (Wildman–Crippen LogP) is 1.68. The second-order valence-corrected chi connectivity index (χ2v) is 5.82. The van der Waals surface area contributed by atoms with Crippen LogP contribution in [0, 0.1) is 11.8 Å². The Bertz CT molecular complexity index is 402. The Morgan fingerprint density at radius 1 is 1.37 bits per heavy atom. The molecule has 0 amide bonds. The fourth-order valence-electron chi connectivity index (χ4n) is 2.71. The van der Waals surface area contributed by atoms with Crippen molar-refractivity contribution in [1.29, 1.82) is 0 Å². The second kappa shape index (κ2) is 6.19. The van der Waals surface area contributed by atoms with Crippen molar-refractivity contribution in [3.63, 3.8) is 0 Å². The summed E-state index contributed by atoms with van der Waals surface area (Å²) in [5.74, 6) is 2.26. The zero-order valence-electron chi connectivity index (χ0n) is 11.8. The van der Waals surface area contributed by atoms with E-state index in [-0.39, 0.29) is 6.10 Å². The van der Waals surface area contributed by atoms with E-state index in [2.05, 4.69) is 28.7 Å². The molecule has 0 bridgehead atoms. The summed E-state index contributed by atoms with van der Waals surface area (Å²) in [5, 5.41) is 10.2. The van der Waals surface area contributed by atoms with Crippen LogP contribution in [0.15, 0.2) is 12.4 Å². The third-order valence-corrected chi connectivity index (χ3v) is 3.76. The first-order valence-corrected chi connectivity index (χ1v) is 7.06. The first-order chi connectivity index (χ1) is 9.06. The molecular formula is C14H24N4O. The van der Waals surface area contributed by atoms with E-state index in [1.165, 1.54) is 0 Å². The van der Waals surface area contributed by atoms with Gasteiger partial charge in [0.2, 0.25) is 0 Å². The third kappa shape index (κ3) is 3.80. The fourth-order valence-corrected chi connectivity index (χ4v) is 2.71. The molecule has 0 spiro atoms. The first-order valence-electron chi connectivity index (χ1n) is 7.06. The molecule has 106 valence electrons. The van der Waals surface area contributed by atoms with Gasteiger partial charge >= 0.3 is 0 Å². The van der Waals surface area contributed by atoms with Crippen molar-refractivity contribution < 1.29 is 5.11 Å². The summed E-state index contributed by atoms with van der Waals surface area (Å²) >= 11 is 0. The van der Waals surface area contributed by atoms with Gasteiger partial charge in [-0.25, -0.2) is 4.98 Å². The number of hydrogen-bond acceptors (Lipinski definition) is 5. The van der Waals surface area contributed by atoms with Crippen LogP contribution in [-0.2, 0) is 0 Å². The molecule has 19 heavy (non-hydrogen) atoms. The molecule has 0 aliphatic carbocycles. The maximum Gasteiger partial charge on any atom is 0.149 e.